The van der Waals surface area contributed by atoms with Gasteiger partial charge in [0.2, 0.25) is 5.91 Å². The van der Waals surface area contributed by atoms with E-state index in [1.807, 2.05) is 19.2 Å². The van der Waals surface area contributed by atoms with Crippen LogP contribution in [0.2, 0.25) is 0 Å². The monoisotopic (exact) mass is 236 g/mol. The summed E-state index contributed by atoms with van der Waals surface area (Å²) in [5.41, 5.74) is 5.79. The van der Waals surface area contributed by atoms with Gasteiger partial charge in [-0.3, -0.25) is 9.48 Å². The summed E-state index contributed by atoms with van der Waals surface area (Å²) in [7, 11) is 0. The molecule has 1 aliphatic rings. The number of hydrogen-bond donors (Lipinski definition) is 2. The minimum atomic E-state index is 0.0245. The highest BCUT2D eigenvalue weighted by Gasteiger charge is 2.37. The molecule has 1 heterocycles. The molecule has 17 heavy (non-hydrogen) atoms. The van der Waals surface area contributed by atoms with Crippen molar-refractivity contribution in [1.29, 1.82) is 0 Å². The lowest BCUT2D eigenvalue weighted by Crippen LogP contribution is -2.40. The maximum absolute atomic E-state index is 11.9. The van der Waals surface area contributed by atoms with Crippen LogP contribution < -0.4 is 11.1 Å². The number of carbonyl (C=O) groups excluding carboxylic acids is 1. The summed E-state index contributed by atoms with van der Waals surface area (Å²) in [5, 5.41) is 7.05. The molecule has 1 aliphatic carbocycles. The number of aryl methyl sites for hydroxylation is 1. The van der Waals surface area contributed by atoms with Crippen LogP contribution in [0, 0.1) is 5.41 Å². The summed E-state index contributed by atoms with van der Waals surface area (Å²) < 4.78 is 1.79. The Hall–Kier alpha value is -1.36. The molecule has 0 saturated heterocycles. The molecule has 1 aromatic heterocycles. The van der Waals surface area contributed by atoms with E-state index in [4.69, 9.17) is 5.73 Å². The van der Waals surface area contributed by atoms with E-state index < -0.39 is 0 Å². The summed E-state index contributed by atoms with van der Waals surface area (Å²) in [6.45, 7) is 3.42. The molecule has 5 nitrogen and oxygen atoms in total. The van der Waals surface area contributed by atoms with Crippen molar-refractivity contribution in [3.63, 3.8) is 0 Å². The Bertz CT molecular complexity index is 389. The Balaban J connectivity index is 1.88. The Kier molecular flexibility index (Phi) is 3.47. The van der Waals surface area contributed by atoms with Gasteiger partial charge in [-0.15, -0.1) is 0 Å². The van der Waals surface area contributed by atoms with Crippen molar-refractivity contribution in [2.75, 3.05) is 11.9 Å². The van der Waals surface area contributed by atoms with Gasteiger partial charge in [0.1, 0.15) is 0 Å². The number of carbonyl (C=O) groups is 1. The summed E-state index contributed by atoms with van der Waals surface area (Å²) in [4.78, 5) is 11.9. The molecule has 0 spiro atoms. The van der Waals surface area contributed by atoms with Gasteiger partial charge in [0, 0.05) is 25.2 Å². The number of aromatic nitrogens is 2. The van der Waals surface area contributed by atoms with Crippen LogP contribution >= 0.6 is 0 Å². The van der Waals surface area contributed by atoms with Gasteiger partial charge in [-0.1, -0.05) is 6.42 Å². The van der Waals surface area contributed by atoms with Crippen LogP contribution in [0.3, 0.4) is 0 Å². The molecule has 0 radical (unpaired) electrons. The minimum Gasteiger partial charge on any atom is -0.330 e. The third-order valence-electron chi connectivity index (χ3n) is 3.61. The second-order valence-electron chi connectivity index (χ2n) is 4.84. The van der Waals surface area contributed by atoms with Crippen molar-refractivity contribution in [2.45, 2.75) is 39.2 Å². The normalized spacial score (nSPS) is 17.5. The number of nitrogens with one attached hydrogen (secondary N) is 1. The van der Waals surface area contributed by atoms with Crippen LogP contribution in [0.5, 0.6) is 0 Å². The number of amides is 1. The fraction of sp³-hybridized carbons (Fsp3) is 0.667. The maximum atomic E-state index is 11.9. The average Bonchev–Trinajstić information content (AvgIpc) is 2.71. The minimum absolute atomic E-state index is 0.0245. The quantitative estimate of drug-likeness (QED) is 0.810. The summed E-state index contributed by atoms with van der Waals surface area (Å²) in [6.07, 6.45) is 5.70. The SMILES string of the molecule is CCn1ccc(NC(=O)CC2(CN)CCC2)n1. The highest BCUT2D eigenvalue weighted by atomic mass is 16.1. The van der Waals surface area contributed by atoms with E-state index in [2.05, 4.69) is 10.4 Å². The number of hydrogen-bond acceptors (Lipinski definition) is 3. The van der Waals surface area contributed by atoms with E-state index in [9.17, 15) is 4.79 Å². The molecule has 94 valence electrons. The maximum Gasteiger partial charge on any atom is 0.226 e. The Morgan fingerprint density at radius 3 is 2.88 bits per heavy atom. The molecule has 5 heteroatoms. The van der Waals surface area contributed by atoms with Crippen molar-refractivity contribution >= 4 is 11.7 Å². The molecule has 2 rings (SSSR count). The first kappa shape index (κ1) is 12.1. The molecular weight excluding hydrogens is 216 g/mol. The van der Waals surface area contributed by atoms with E-state index in [1.54, 1.807) is 4.68 Å². The Morgan fingerprint density at radius 2 is 2.41 bits per heavy atom. The molecule has 0 unspecified atom stereocenters. The van der Waals surface area contributed by atoms with Gasteiger partial charge in [0.15, 0.2) is 5.82 Å². The van der Waals surface area contributed by atoms with Gasteiger partial charge in [-0.25, -0.2) is 0 Å². The van der Waals surface area contributed by atoms with Crippen molar-refractivity contribution in [3.8, 4) is 0 Å². The largest absolute Gasteiger partial charge is 0.330 e. The molecule has 0 aliphatic heterocycles. The van der Waals surface area contributed by atoms with Crippen molar-refractivity contribution in [3.05, 3.63) is 12.3 Å². The van der Waals surface area contributed by atoms with Crippen LogP contribution in [-0.2, 0) is 11.3 Å². The highest BCUT2D eigenvalue weighted by molar-refractivity contribution is 5.90. The summed E-state index contributed by atoms with van der Waals surface area (Å²) in [6, 6.07) is 1.82. The topological polar surface area (TPSA) is 72.9 Å². The van der Waals surface area contributed by atoms with Crippen LogP contribution in [0.4, 0.5) is 5.82 Å². The Labute approximate surface area is 101 Å². The Morgan fingerprint density at radius 1 is 1.65 bits per heavy atom. The second-order valence-corrected chi connectivity index (χ2v) is 4.84. The summed E-state index contributed by atoms with van der Waals surface area (Å²) in [5.74, 6) is 0.653. The lowest BCUT2D eigenvalue weighted by atomic mass is 9.66. The van der Waals surface area contributed by atoms with E-state index in [-0.39, 0.29) is 11.3 Å². The first-order chi connectivity index (χ1) is 8.17. The zero-order valence-corrected chi connectivity index (χ0v) is 10.3. The average molecular weight is 236 g/mol. The van der Waals surface area contributed by atoms with Gasteiger partial charge in [-0.2, -0.15) is 5.10 Å². The van der Waals surface area contributed by atoms with E-state index in [0.717, 1.165) is 19.4 Å². The number of anilines is 1. The van der Waals surface area contributed by atoms with E-state index >= 15 is 0 Å². The van der Waals surface area contributed by atoms with Crippen molar-refractivity contribution in [1.82, 2.24) is 9.78 Å². The molecule has 1 aromatic rings. The van der Waals surface area contributed by atoms with Crippen LogP contribution in [-0.4, -0.2) is 22.2 Å². The number of rotatable bonds is 5. The molecule has 1 fully saturated rings. The second kappa shape index (κ2) is 4.87. The predicted molar refractivity (Wildman–Crippen MR) is 66.5 cm³/mol. The van der Waals surface area contributed by atoms with Crippen molar-refractivity contribution < 1.29 is 4.79 Å². The van der Waals surface area contributed by atoms with Gasteiger partial charge >= 0.3 is 0 Å². The van der Waals surface area contributed by atoms with Gasteiger partial charge in [-0.05, 0) is 31.7 Å². The molecule has 1 amide bonds. The first-order valence-electron chi connectivity index (χ1n) is 6.21. The fourth-order valence-electron chi connectivity index (χ4n) is 2.26. The van der Waals surface area contributed by atoms with Gasteiger partial charge < -0.3 is 11.1 Å². The molecule has 0 bridgehead atoms. The van der Waals surface area contributed by atoms with Crippen molar-refractivity contribution in [2.24, 2.45) is 11.1 Å². The lowest BCUT2D eigenvalue weighted by Gasteiger charge is -2.40. The van der Waals surface area contributed by atoms with E-state index in [1.165, 1.54) is 6.42 Å². The zero-order chi connectivity index (χ0) is 12.3. The standard InChI is InChI=1S/C12H20N4O/c1-2-16-7-4-10(15-16)14-11(17)8-12(9-13)5-3-6-12/h4,7H,2-3,5-6,8-9,13H2,1H3,(H,14,15,17). The molecule has 0 aromatic carbocycles. The first-order valence-corrected chi connectivity index (χ1v) is 6.21. The number of nitrogens with zero attached hydrogens (tertiary/aromatic N) is 2. The highest BCUT2D eigenvalue weighted by Crippen LogP contribution is 2.42. The molecule has 3 N–H and O–H groups in total. The third-order valence-corrected chi connectivity index (χ3v) is 3.61. The molecular formula is C12H20N4O. The third kappa shape index (κ3) is 2.66. The van der Waals surface area contributed by atoms with Crippen LogP contribution in [0.15, 0.2) is 12.3 Å². The van der Waals surface area contributed by atoms with Crippen LogP contribution in [0.1, 0.15) is 32.6 Å². The predicted octanol–water partition coefficient (Wildman–Crippen LogP) is 1.36. The number of nitrogens with two attached hydrogens (primary N) is 1. The van der Waals surface area contributed by atoms with Crippen LogP contribution in [0.25, 0.3) is 0 Å². The molecule has 1 saturated carbocycles. The zero-order valence-electron chi connectivity index (χ0n) is 10.3. The smallest absolute Gasteiger partial charge is 0.226 e. The lowest BCUT2D eigenvalue weighted by molar-refractivity contribution is -0.119. The summed E-state index contributed by atoms with van der Waals surface area (Å²) >= 11 is 0. The fourth-order valence-corrected chi connectivity index (χ4v) is 2.26. The van der Waals surface area contributed by atoms with E-state index in [0.29, 0.717) is 18.8 Å². The van der Waals surface area contributed by atoms with Gasteiger partial charge in [0.05, 0.1) is 0 Å². The molecule has 0 atom stereocenters. The van der Waals surface area contributed by atoms with Gasteiger partial charge in [0.25, 0.3) is 0 Å².